The van der Waals surface area contributed by atoms with Crippen LogP contribution in [0.4, 0.5) is 11.4 Å². The van der Waals surface area contributed by atoms with Gasteiger partial charge in [0, 0.05) is 23.8 Å². The van der Waals surface area contributed by atoms with E-state index in [2.05, 4.69) is 147 Å². The molecule has 0 bridgehead atoms. The Labute approximate surface area is 208 Å². The molecule has 6 rings (SSSR count). The topological polar surface area (TPSA) is 3.24 Å². The molecule has 0 amide bonds. The van der Waals surface area contributed by atoms with E-state index in [0.29, 0.717) is 0 Å². The molecule has 1 nitrogen and oxygen atoms in total. The predicted molar refractivity (Wildman–Crippen MR) is 149 cm³/mol. The normalized spacial score (nSPS) is 13.2. The third-order valence-electron chi connectivity index (χ3n) is 7.51. The van der Waals surface area contributed by atoms with E-state index in [0.717, 1.165) is 0 Å². The van der Waals surface area contributed by atoms with Gasteiger partial charge in [-0.15, -0.1) is 0 Å². The molecule has 5 aromatic carbocycles. The molecule has 170 valence electrons. The predicted octanol–water partition coefficient (Wildman–Crippen LogP) is 9.09. The van der Waals surface area contributed by atoms with Gasteiger partial charge in [-0.1, -0.05) is 105 Å². The molecule has 0 spiro atoms. The van der Waals surface area contributed by atoms with Gasteiger partial charge in [0.05, 0.1) is 0 Å². The second kappa shape index (κ2) is 8.29. The van der Waals surface area contributed by atoms with Gasteiger partial charge in [-0.2, -0.15) is 0 Å². The first-order valence-electron chi connectivity index (χ1n) is 12.3. The molecule has 5 aromatic rings. The molecular formula is C34H29N. The molecule has 0 atom stereocenters. The maximum Gasteiger partial charge on any atom is 0.0411 e. The maximum atomic E-state index is 2.37. The monoisotopic (exact) mass is 451 g/mol. The number of rotatable bonds is 4. The van der Waals surface area contributed by atoms with E-state index in [1.54, 1.807) is 0 Å². The van der Waals surface area contributed by atoms with Crippen molar-refractivity contribution in [2.24, 2.45) is 0 Å². The minimum absolute atomic E-state index is 0.0103. The minimum atomic E-state index is 0.0103. The highest BCUT2D eigenvalue weighted by atomic mass is 15.1. The molecule has 0 N–H and O–H groups in total. The summed E-state index contributed by atoms with van der Waals surface area (Å²) in [5.74, 6) is 0. The van der Waals surface area contributed by atoms with Crippen LogP contribution in [0.2, 0.25) is 0 Å². The second-order valence-corrected chi connectivity index (χ2v) is 9.95. The highest BCUT2D eigenvalue weighted by molar-refractivity contribution is 5.83. The van der Waals surface area contributed by atoms with Crippen molar-refractivity contribution in [1.82, 2.24) is 0 Å². The van der Waals surface area contributed by atoms with Crippen molar-refractivity contribution < 1.29 is 0 Å². The molecule has 35 heavy (non-hydrogen) atoms. The fourth-order valence-electron chi connectivity index (χ4n) is 5.44. The number of hydrogen-bond acceptors (Lipinski definition) is 1. The van der Waals surface area contributed by atoms with Crippen molar-refractivity contribution in [3.05, 3.63) is 132 Å². The second-order valence-electron chi connectivity index (χ2n) is 9.95. The molecule has 0 unspecified atom stereocenters. The molecule has 1 aliphatic rings. The summed E-state index contributed by atoms with van der Waals surface area (Å²) in [6, 6.07) is 43.9. The number of nitrogens with zero attached hydrogens (tertiary/aromatic N) is 1. The van der Waals surface area contributed by atoms with E-state index >= 15 is 0 Å². The molecule has 0 fully saturated rings. The molecule has 0 aromatic heterocycles. The summed E-state index contributed by atoms with van der Waals surface area (Å²) in [7, 11) is 2.15. The molecule has 0 radical (unpaired) electrons. The molecule has 0 saturated heterocycles. The summed E-state index contributed by atoms with van der Waals surface area (Å²) >= 11 is 0. The van der Waals surface area contributed by atoms with Crippen LogP contribution in [-0.2, 0) is 5.41 Å². The molecule has 1 heteroatoms. The molecule has 0 saturated carbocycles. The first kappa shape index (κ1) is 21.4. The van der Waals surface area contributed by atoms with E-state index in [-0.39, 0.29) is 5.41 Å². The minimum Gasteiger partial charge on any atom is -0.345 e. The Morgan fingerprint density at radius 1 is 0.457 bits per heavy atom. The summed E-state index contributed by atoms with van der Waals surface area (Å²) in [5.41, 5.74) is 12.9. The Bertz CT molecular complexity index is 1510. The summed E-state index contributed by atoms with van der Waals surface area (Å²) < 4.78 is 0. The van der Waals surface area contributed by atoms with Crippen LogP contribution in [0.3, 0.4) is 0 Å². The van der Waals surface area contributed by atoms with Gasteiger partial charge in [-0.05, 0) is 74.8 Å². The lowest BCUT2D eigenvalue weighted by Gasteiger charge is -2.25. The Hall–Kier alpha value is -4.10. The van der Waals surface area contributed by atoms with E-state index in [4.69, 9.17) is 0 Å². The van der Waals surface area contributed by atoms with Gasteiger partial charge in [0.25, 0.3) is 0 Å². The van der Waals surface area contributed by atoms with Crippen LogP contribution in [0.15, 0.2) is 121 Å². The van der Waals surface area contributed by atoms with Crippen LogP contribution < -0.4 is 4.90 Å². The van der Waals surface area contributed by atoms with Crippen LogP contribution >= 0.6 is 0 Å². The van der Waals surface area contributed by atoms with Gasteiger partial charge in [-0.25, -0.2) is 0 Å². The Kier molecular flexibility index (Phi) is 5.07. The van der Waals surface area contributed by atoms with Crippen LogP contribution in [0.1, 0.15) is 25.0 Å². The van der Waals surface area contributed by atoms with Gasteiger partial charge in [0.1, 0.15) is 0 Å². The zero-order valence-corrected chi connectivity index (χ0v) is 20.5. The fourth-order valence-corrected chi connectivity index (χ4v) is 5.44. The largest absolute Gasteiger partial charge is 0.345 e. The molecule has 0 aliphatic heterocycles. The van der Waals surface area contributed by atoms with Crippen LogP contribution in [0.25, 0.3) is 33.4 Å². The van der Waals surface area contributed by atoms with E-state index in [1.165, 1.54) is 55.9 Å². The van der Waals surface area contributed by atoms with Crippen molar-refractivity contribution in [3.63, 3.8) is 0 Å². The number of hydrogen-bond donors (Lipinski definition) is 0. The van der Waals surface area contributed by atoms with Crippen molar-refractivity contribution in [2.75, 3.05) is 11.9 Å². The van der Waals surface area contributed by atoms with Crippen molar-refractivity contribution in [1.29, 1.82) is 0 Å². The SMILES string of the molecule is CN(c1ccc(-c2cccc(-c3ccccc3)c2)cc1)c1ccc2c(c1)C(C)(C)c1ccccc1-2. The van der Waals surface area contributed by atoms with Gasteiger partial charge in [0.15, 0.2) is 0 Å². The lowest BCUT2D eigenvalue weighted by atomic mass is 9.82. The average molecular weight is 452 g/mol. The molecule has 0 heterocycles. The Balaban J connectivity index is 1.29. The summed E-state index contributed by atoms with van der Waals surface area (Å²) in [4.78, 5) is 2.28. The van der Waals surface area contributed by atoms with Gasteiger partial charge < -0.3 is 4.90 Å². The average Bonchev–Trinajstić information content (AvgIpc) is 3.15. The zero-order valence-electron chi connectivity index (χ0n) is 20.5. The first-order chi connectivity index (χ1) is 17.0. The number of anilines is 2. The fraction of sp³-hybridized carbons (Fsp3) is 0.118. The van der Waals surface area contributed by atoms with E-state index < -0.39 is 0 Å². The van der Waals surface area contributed by atoms with Gasteiger partial charge >= 0.3 is 0 Å². The smallest absolute Gasteiger partial charge is 0.0411 e. The van der Waals surface area contributed by atoms with Crippen molar-refractivity contribution in [2.45, 2.75) is 19.3 Å². The van der Waals surface area contributed by atoms with Crippen LogP contribution in [0, 0.1) is 0 Å². The Morgan fingerprint density at radius 3 is 1.77 bits per heavy atom. The van der Waals surface area contributed by atoms with Crippen LogP contribution in [-0.4, -0.2) is 7.05 Å². The van der Waals surface area contributed by atoms with Crippen molar-refractivity contribution >= 4 is 11.4 Å². The maximum absolute atomic E-state index is 2.37. The van der Waals surface area contributed by atoms with Crippen molar-refractivity contribution in [3.8, 4) is 33.4 Å². The number of fused-ring (bicyclic) bond motifs is 3. The molecule has 1 aliphatic carbocycles. The quantitative estimate of drug-likeness (QED) is 0.263. The zero-order chi connectivity index (χ0) is 24.0. The van der Waals surface area contributed by atoms with Crippen LogP contribution in [0.5, 0.6) is 0 Å². The lowest BCUT2D eigenvalue weighted by Crippen LogP contribution is -2.16. The summed E-state index contributed by atoms with van der Waals surface area (Å²) in [6.07, 6.45) is 0. The summed E-state index contributed by atoms with van der Waals surface area (Å²) in [5, 5.41) is 0. The standard InChI is InChI=1S/C34H29N/c1-34(2)32-15-8-7-14-30(32)31-21-20-29(23-33(31)34)35(3)28-18-16-25(17-19-28)27-13-9-12-26(22-27)24-10-5-4-6-11-24/h4-23H,1-3H3. The van der Waals surface area contributed by atoms with Gasteiger partial charge in [0.2, 0.25) is 0 Å². The number of benzene rings is 5. The first-order valence-corrected chi connectivity index (χ1v) is 12.3. The van der Waals surface area contributed by atoms with Gasteiger partial charge in [-0.3, -0.25) is 0 Å². The third-order valence-corrected chi connectivity index (χ3v) is 7.51. The van der Waals surface area contributed by atoms with E-state index in [1.807, 2.05) is 0 Å². The Morgan fingerprint density at radius 2 is 1.03 bits per heavy atom. The highest BCUT2D eigenvalue weighted by Gasteiger charge is 2.35. The molecular weight excluding hydrogens is 422 g/mol. The van der Waals surface area contributed by atoms with E-state index in [9.17, 15) is 0 Å². The third kappa shape index (κ3) is 3.65. The lowest BCUT2D eigenvalue weighted by molar-refractivity contribution is 0.660. The summed E-state index contributed by atoms with van der Waals surface area (Å²) in [6.45, 7) is 4.67. The highest BCUT2D eigenvalue weighted by Crippen LogP contribution is 2.49.